The molecule has 0 atom stereocenters. The normalized spacial score (nSPS) is 11.1. The van der Waals surface area contributed by atoms with Crippen molar-refractivity contribution >= 4 is 32.8 Å². The number of para-hydroxylation sites is 1. The van der Waals surface area contributed by atoms with Gasteiger partial charge in [0.2, 0.25) is 14.2 Å². The van der Waals surface area contributed by atoms with Gasteiger partial charge in [-0.3, -0.25) is 4.79 Å². The summed E-state index contributed by atoms with van der Waals surface area (Å²) in [7, 11) is -1.78. The van der Waals surface area contributed by atoms with Gasteiger partial charge in [-0.1, -0.05) is 23.3 Å². The van der Waals surface area contributed by atoms with Gasteiger partial charge in [-0.2, -0.15) is 0 Å². The summed E-state index contributed by atoms with van der Waals surface area (Å²) in [5.41, 5.74) is 0.736. The number of anilines is 1. The largest absolute Gasteiger partial charge is 0.459 e. The molecular formula is C12H13N3O4S2. The molecule has 0 spiro atoms. The Morgan fingerprint density at radius 2 is 1.95 bits per heavy atom. The van der Waals surface area contributed by atoms with E-state index in [1.54, 1.807) is 19.2 Å². The van der Waals surface area contributed by atoms with Crippen molar-refractivity contribution in [3.63, 3.8) is 0 Å². The van der Waals surface area contributed by atoms with Crippen LogP contribution >= 0.6 is 11.3 Å². The minimum Gasteiger partial charge on any atom is -0.459 e. The molecule has 1 heterocycles. The number of carbonyl (C=O) groups is 1. The first-order valence-corrected chi connectivity index (χ1v) is 8.56. The molecule has 0 aliphatic carbocycles. The SMILES string of the molecule is CN(C(=O)COc1nnc(S(C)(=O)=O)s1)c1ccccc1. The summed E-state index contributed by atoms with van der Waals surface area (Å²) in [6.45, 7) is -0.246. The number of amides is 1. The van der Waals surface area contributed by atoms with Crippen molar-refractivity contribution < 1.29 is 17.9 Å². The van der Waals surface area contributed by atoms with Crippen molar-refractivity contribution in [1.82, 2.24) is 10.2 Å². The van der Waals surface area contributed by atoms with Crippen LogP contribution in [0.2, 0.25) is 0 Å². The third kappa shape index (κ3) is 3.99. The Kier molecular flexibility index (Phi) is 4.53. The zero-order valence-corrected chi connectivity index (χ0v) is 13.0. The van der Waals surface area contributed by atoms with Crippen LogP contribution in [0.1, 0.15) is 0 Å². The fourth-order valence-electron chi connectivity index (χ4n) is 1.42. The number of likely N-dealkylation sites (N-methyl/N-ethyl adjacent to an activating group) is 1. The lowest BCUT2D eigenvalue weighted by Crippen LogP contribution is -2.31. The molecule has 7 nitrogen and oxygen atoms in total. The van der Waals surface area contributed by atoms with Crippen molar-refractivity contribution in [2.45, 2.75) is 4.34 Å². The smallest absolute Gasteiger partial charge is 0.295 e. The van der Waals surface area contributed by atoms with Crippen molar-refractivity contribution in [2.24, 2.45) is 0 Å². The molecule has 0 saturated carbocycles. The highest BCUT2D eigenvalue weighted by molar-refractivity contribution is 7.92. The first-order valence-electron chi connectivity index (χ1n) is 5.86. The molecule has 9 heteroatoms. The van der Waals surface area contributed by atoms with E-state index in [4.69, 9.17) is 4.74 Å². The van der Waals surface area contributed by atoms with Crippen molar-refractivity contribution in [2.75, 3.05) is 24.8 Å². The second-order valence-corrected chi connectivity index (χ2v) is 7.31. The first-order chi connectivity index (χ1) is 9.88. The zero-order valence-electron chi connectivity index (χ0n) is 11.4. The predicted molar refractivity (Wildman–Crippen MR) is 78.4 cm³/mol. The molecule has 0 fully saturated rings. The van der Waals surface area contributed by atoms with Gasteiger partial charge in [-0.05, 0) is 23.5 Å². The molecule has 1 aromatic heterocycles. The van der Waals surface area contributed by atoms with Gasteiger partial charge < -0.3 is 9.64 Å². The van der Waals surface area contributed by atoms with E-state index in [0.717, 1.165) is 23.3 Å². The number of ether oxygens (including phenoxy) is 1. The molecule has 0 N–H and O–H groups in total. The van der Waals surface area contributed by atoms with Crippen LogP contribution in [0.25, 0.3) is 0 Å². The van der Waals surface area contributed by atoms with E-state index in [-0.39, 0.29) is 22.0 Å². The Hall–Kier alpha value is -2.00. The van der Waals surface area contributed by atoms with E-state index >= 15 is 0 Å². The maximum atomic E-state index is 12.0. The number of benzene rings is 1. The number of hydrogen-bond acceptors (Lipinski definition) is 7. The fraction of sp³-hybridized carbons (Fsp3) is 0.250. The summed E-state index contributed by atoms with van der Waals surface area (Å²) in [6.07, 6.45) is 1.03. The lowest BCUT2D eigenvalue weighted by Gasteiger charge is -2.16. The minimum atomic E-state index is -3.41. The van der Waals surface area contributed by atoms with E-state index in [2.05, 4.69) is 10.2 Å². The molecule has 2 rings (SSSR count). The molecule has 112 valence electrons. The Balaban J connectivity index is 1.97. The summed E-state index contributed by atoms with van der Waals surface area (Å²) in [5.74, 6) is -0.280. The van der Waals surface area contributed by atoms with Gasteiger partial charge in [-0.15, -0.1) is 5.10 Å². The Labute approximate surface area is 126 Å². The number of aromatic nitrogens is 2. The maximum absolute atomic E-state index is 12.0. The standard InChI is InChI=1S/C12H13N3O4S2/c1-15(9-6-4-3-5-7-9)10(16)8-19-11-13-14-12(20-11)21(2,17)18/h3-7H,8H2,1-2H3. The molecule has 0 aliphatic heterocycles. The van der Waals surface area contributed by atoms with Gasteiger partial charge in [0.05, 0.1) is 0 Å². The molecule has 0 unspecified atom stereocenters. The zero-order chi connectivity index (χ0) is 15.5. The van der Waals surface area contributed by atoms with Crippen LogP contribution in [0.3, 0.4) is 0 Å². The summed E-state index contributed by atoms with van der Waals surface area (Å²) >= 11 is 0.786. The Morgan fingerprint density at radius 1 is 1.29 bits per heavy atom. The van der Waals surface area contributed by atoms with Crippen molar-refractivity contribution in [3.05, 3.63) is 30.3 Å². The molecule has 1 aromatic carbocycles. The maximum Gasteiger partial charge on any atom is 0.295 e. The average Bonchev–Trinajstić information content (AvgIpc) is 2.94. The third-order valence-electron chi connectivity index (χ3n) is 2.54. The highest BCUT2D eigenvalue weighted by atomic mass is 32.2. The van der Waals surface area contributed by atoms with E-state index in [9.17, 15) is 13.2 Å². The van der Waals surface area contributed by atoms with E-state index in [1.165, 1.54) is 4.90 Å². The number of carbonyl (C=O) groups excluding carboxylic acids is 1. The van der Waals surface area contributed by atoms with Crippen LogP contribution in [-0.4, -0.2) is 44.4 Å². The molecule has 21 heavy (non-hydrogen) atoms. The van der Waals surface area contributed by atoms with Crippen LogP contribution in [0.15, 0.2) is 34.7 Å². The topological polar surface area (TPSA) is 89.5 Å². The molecule has 2 aromatic rings. The third-order valence-corrected chi connectivity index (χ3v) is 5.05. The minimum absolute atomic E-state index is 0.0465. The molecule has 0 radical (unpaired) electrons. The number of hydrogen-bond donors (Lipinski definition) is 0. The van der Waals surface area contributed by atoms with Gasteiger partial charge in [0.15, 0.2) is 6.61 Å². The summed E-state index contributed by atoms with van der Waals surface area (Å²) in [4.78, 5) is 13.4. The van der Waals surface area contributed by atoms with Crippen LogP contribution in [0, 0.1) is 0 Å². The Bertz CT molecular complexity index is 728. The molecule has 0 bridgehead atoms. The molecule has 0 saturated heterocycles. The van der Waals surface area contributed by atoms with Crippen LogP contribution < -0.4 is 9.64 Å². The average molecular weight is 327 g/mol. The summed E-state index contributed by atoms with van der Waals surface area (Å²) in [5, 5.41) is 7.13. The van der Waals surface area contributed by atoms with E-state index in [0.29, 0.717) is 0 Å². The highest BCUT2D eigenvalue weighted by Crippen LogP contribution is 2.21. The van der Waals surface area contributed by atoms with E-state index < -0.39 is 9.84 Å². The lowest BCUT2D eigenvalue weighted by molar-refractivity contribution is -0.120. The van der Waals surface area contributed by atoms with Gasteiger partial charge in [0.1, 0.15) is 0 Å². The van der Waals surface area contributed by atoms with Crippen LogP contribution in [-0.2, 0) is 14.6 Å². The Morgan fingerprint density at radius 3 is 2.52 bits per heavy atom. The van der Waals surface area contributed by atoms with Gasteiger partial charge >= 0.3 is 0 Å². The second-order valence-electron chi connectivity index (χ2n) is 4.18. The summed E-state index contributed by atoms with van der Waals surface area (Å²) < 4.78 is 27.5. The molecular weight excluding hydrogens is 314 g/mol. The van der Waals surface area contributed by atoms with Gasteiger partial charge in [0.25, 0.3) is 11.1 Å². The van der Waals surface area contributed by atoms with Gasteiger partial charge in [-0.25, -0.2) is 8.42 Å². The second kappa shape index (κ2) is 6.19. The first kappa shape index (κ1) is 15.4. The summed E-state index contributed by atoms with van der Waals surface area (Å²) in [6, 6.07) is 9.09. The number of sulfone groups is 1. The highest BCUT2D eigenvalue weighted by Gasteiger charge is 2.17. The van der Waals surface area contributed by atoms with Crippen LogP contribution in [0.4, 0.5) is 5.69 Å². The van der Waals surface area contributed by atoms with Crippen LogP contribution in [0.5, 0.6) is 5.19 Å². The fourth-order valence-corrected chi connectivity index (χ4v) is 2.86. The number of rotatable bonds is 5. The predicted octanol–water partition coefficient (Wildman–Crippen LogP) is 0.983. The quantitative estimate of drug-likeness (QED) is 0.813. The van der Waals surface area contributed by atoms with Gasteiger partial charge in [0, 0.05) is 19.0 Å². The van der Waals surface area contributed by atoms with E-state index in [1.807, 2.05) is 18.2 Å². The van der Waals surface area contributed by atoms with Crippen molar-refractivity contribution in [3.8, 4) is 5.19 Å². The lowest BCUT2D eigenvalue weighted by atomic mass is 10.3. The molecule has 0 aliphatic rings. The van der Waals surface area contributed by atoms with Crippen molar-refractivity contribution in [1.29, 1.82) is 0 Å². The monoisotopic (exact) mass is 327 g/mol. The number of nitrogens with zero attached hydrogens (tertiary/aromatic N) is 3. The molecule has 1 amide bonds.